The molecule has 0 spiro atoms. The number of nitrogens with zero attached hydrogens (tertiary/aromatic N) is 2. The van der Waals surface area contributed by atoms with Crippen LogP contribution in [0.3, 0.4) is 0 Å². The second-order valence-electron chi connectivity index (χ2n) is 6.45. The summed E-state index contributed by atoms with van der Waals surface area (Å²) in [5.41, 5.74) is 1.42. The molecule has 1 fully saturated rings. The van der Waals surface area contributed by atoms with E-state index in [1.165, 1.54) is 0 Å². The minimum atomic E-state index is 0.0112. The molecule has 3 N–H and O–H groups in total. The number of phenols is 1. The van der Waals surface area contributed by atoms with Gasteiger partial charge in [-0.3, -0.25) is 4.79 Å². The van der Waals surface area contributed by atoms with Crippen LogP contribution in [0.2, 0.25) is 0 Å². The Morgan fingerprint density at radius 2 is 2.00 bits per heavy atom. The van der Waals surface area contributed by atoms with E-state index in [9.17, 15) is 9.90 Å². The Kier molecular flexibility index (Phi) is 4.35. The summed E-state index contributed by atoms with van der Waals surface area (Å²) in [6.45, 7) is 0. The Morgan fingerprint density at radius 3 is 2.74 bits per heavy atom. The van der Waals surface area contributed by atoms with Crippen LogP contribution in [-0.4, -0.2) is 28.0 Å². The predicted molar refractivity (Wildman–Crippen MR) is 105 cm³/mol. The summed E-state index contributed by atoms with van der Waals surface area (Å²) in [6.07, 6.45) is 5.26. The van der Waals surface area contributed by atoms with Gasteiger partial charge in [-0.25, -0.2) is 9.97 Å². The summed E-state index contributed by atoms with van der Waals surface area (Å²) in [6, 6.07) is 8.60. The van der Waals surface area contributed by atoms with E-state index in [1.54, 1.807) is 37.6 Å². The molecule has 1 aromatic carbocycles. The molecule has 1 aliphatic rings. The van der Waals surface area contributed by atoms with Crippen LogP contribution in [0, 0.1) is 17.8 Å². The molecule has 0 unspecified atom stereocenters. The van der Waals surface area contributed by atoms with Gasteiger partial charge in [0.2, 0.25) is 5.91 Å². The molecule has 4 rings (SSSR count). The van der Waals surface area contributed by atoms with Gasteiger partial charge in [0.25, 0.3) is 0 Å². The van der Waals surface area contributed by atoms with Crippen molar-refractivity contribution in [1.29, 1.82) is 0 Å². The first-order valence-corrected chi connectivity index (χ1v) is 8.72. The van der Waals surface area contributed by atoms with Crippen molar-refractivity contribution in [3.05, 3.63) is 53.9 Å². The van der Waals surface area contributed by atoms with Gasteiger partial charge in [-0.1, -0.05) is 17.9 Å². The van der Waals surface area contributed by atoms with E-state index in [2.05, 4.69) is 32.4 Å². The fourth-order valence-electron chi connectivity index (χ4n) is 2.80. The highest BCUT2D eigenvalue weighted by molar-refractivity contribution is 5.99. The molecule has 1 amide bonds. The van der Waals surface area contributed by atoms with Gasteiger partial charge >= 0.3 is 0 Å². The molecule has 0 saturated heterocycles. The lowest BCUT2D eigenvalue weighted by Gasteiger charge is -2.09. The van der Waals surface area contributed by atoms with Crippen LogP contribution in [0.25, 0.3) is 10.8 Å². The highest BCUT2D eigenvalue weighted by atomic mass is 16.3. The van der Waals surface area contributed by atoms with Gasteiger partial charge < -0.3 is 15.7 Å². The number of hydrogen-bond donors (Lipinski definition) is 3. The molecular formula is C21H18N4O2. The molecule has 134 valence electrons. The van der Waals surface area contributed by atoms with Crippen LogP contribution in [0.5, 0.6) is 5.75 Å². The zero-order valence-electron chi connectivity index (χ0n) is 14.8. The number of aromatic hydroxyl groups is 1. The molecule has 2 aromatic heterocycles. The number of nitrogens with one attached hydrogen (secondary N) is 2. The summed E-state index contributed by atoms with van der Waals surface area (Å²) in [5, 5.41) is 17.2. The normalized spacial score (nSPS) is 12.9. The van der Waals surface area contributed by atoms with Crippen molar-refractivity contribution < 1.29 is 9.90 Å². The number of carbonyl (C=O) groups excluding carboxylic acids is 1. The number of benzene rings is 1. The van der Waals surface area contributed by atoms with Crippen molar-refractivity contribution in [2.45, 2.75) is 12.8 Å². The van der Waals surface area contributed by atoms with Crippen LogP contribution in [0.1, 0.15) is 24.0 Å². The first-order chi connectivity index (χ1) is 13.1. The number of fused-ring (bicyclic) bond motifs is 1. The van der Waals surface area contributed by atoms with Crippen molar-refractivity contribution in [2.75, 3.05) is 17.7 Å². The van der Waals surface area contributed by atoms with Gasteiger partial charge in [-0.15, -0.1) is 0 Å². The maximum absolute atomic E-state index is 12.0. The molecule has 27 heavy (non-hydrogen) atoms. The van der Waals surface area contributed by atoms with Crippen molar-refractivity contribution in [3.63, 3.8) is 0 Å². The van der Waals surface area contributed by atoms with Crippen LogP contribution in [-0.2, 0) is 4.79 Å². The highest BCUT2D eigenvalue weighted by Crippen LogP contribution is 2.31. The SMILES string of the molecule is CNc1ncc(C#Cc2cccc(O)c2)c2cc(NC(=O)C3CC3)ncc12. The fraction of sp³-hybridized carbons (Fsp3) is 0.190. The Labute approximate surface area is 156 Å². The van der Waals surface area contributed by atoms with E-state index in [-0.39, 0.29) is 17.6 Å². The van der Waals surface area contributed by atoms with Crippen LogP contribution < -0.4 is 10.6 Å². The largest absolute Gasteiger partial charge is 0.508 e. The summed E-state index contributed by atoms with van der Waals surface area (Å²) >= 11 is 0. The molecule has 0 atom stereocenters. The molecule has 2 heterocycles. The molecule has 0 radical (unpaired) electrons. The van der Waals surface area contributed by atoms with Gasteiger partial charge in [0.1, 0.15) is 17.4 Å². The molecule has 0 bridgehead atoms. The monoisotopic (exact) mass is 358 g/mol. The van der Waals surface area contributed by atoms with Crippen LogP contribution >= 0.6 is 0 Å². The third-order valence-corrected chi connectivity index (χ3v) is 4.40. The number of rotatable bonds is 3. The first-order valence-electron chi connectivity index (χ1n) is 8.72. The summed E-state index contributed by atoms with van der Waals surface area (Å²) in [4.78, 5) is 20.8. The minimum Gasteiger partial charge on any atom is -0.508 e. The molecule has 1 saturated carbocycles. The third kappa shape index (κ3) is 3.67. The van der Waals surface area contributed by atoms with E-state index in [1.807, 2.05) is 12.1 Å². The zero-order valence-corrected chi connectivity index (χ0v) is 14.8. The highest BCUT2D eigenvalue weighted by Gasteiger charge is 2.29. The lowest BCUT2D eigenvalue weighted by molar-refractivity contribution is -0.117. The topological polar surface area (TPSA) is 87.1 Å². The van der Waals surface area contributed by atoms with Crippen molar-refractivity contribution in [2.24, 2.45) is 5.92 Å². The number of anilines is 2. The molecule has 3 aromatic rings. The Morgan fingerprint density at radius 1 is 1.15 bits per heavy atom. The Balaban J connectivity index is 1.75. The summed E-state index contributed by atoms with van der Waals surface area (Å²) < 4.78 is 0. The predicted octanol–water partition coefficient (Wildman–Crippen LogP) is 3.13. The Bertz CT molecular complexity index is 1090. The number of pyridine rings is 2. The fourth-order valence-corrected chi connectivity index (χ4v) is 2.80. The molecule has 6 nitrogen and oxygen atoms in total. The summed E-state index contributed by atoms with van der Waals surface area (Å²) in [5.74, 6) is 7.64. The van der Waals surface area contributed by atoms with Crippen molar-refractivity contribution in [1.82, 2.24) is 9.97 Å². The average molecular weight is 358 g/mol. The summed E-state index contributed by atoms with van der Waals surface area (Å²) in [7, 11) is 1.79. The van der Waals surface area contributed by atoms with Gasteiger partial charge in [0, 0.05) is 41.7 Å². The number of phenolic OH excluding ortho intramolecular Hbond substituents is 1. The van der Waals surface area contributed by atoms with E-state index in [0.29, 0.717) is 17.2 Å². The molecular weight excluding hydrogens is 340 g/mol. The lowest BCUT2D eigenvalue weighted by Crippen LogP contribution is -2.14. The molecule has 1 aliphatic carbocycles. The maximum Gasteiger partial charge on any atom is 0.228 e. The van der Waals surface area contributed by atoms with Gasteiger partial charge in [0.05, 0.1) is 5.56 Å². The number of amides is 1. The van der Waals surface area contributed by atoms with Crippen molar-refractivity contribution in [3.8, 4) is 17.6 Å². The molecule has 6 heteroatoms. The van der Waals surface area contributed by atoms with E-state index >= 15 is 0 Å². The number of hydrogen-bond acceptors (Lipinski definition) is 5. The second-order valence-corrected chi connectivity index (χ2v) is 6.45. The third-order valence-electron chi connectivity index (χ3n) is 4.40. The lowest BCUT2D eigenvalue weighted by atomic mass is 10.1. The minimum absolute atomic E-state index is 0.0112. The van der Waals surface area contributed by atoms with Crippen LogP contribution in [0.4, 0.5) is 11.6 Å². The maximum atomic E-state index is 12.0. The number of carbonyl (C=O) groups is 1. The van der Waals surface area contributed by atoms with Crippen LogP contribution in [0.15, 0.2) is 42.7 Å². The van der Waals surface area contributed by atoms with E-state index < -0.39 is 0 Å². The zero-order chi connectivity index (χ0) is 18.8. The molecule has 0 aliphatic heterocycles. The first kappa shape index (κ1) is 16.9. The average Bonchev–Trinajstić information content (AvgIpc) is 3.51. The standard InChI is InChI=1S/C21H18N4O2/c1-22-20-18-12-23-19(25-21(27)14-7-8-14)10-17(18)15(11-24-20)6-5-13-3-2-4-16(26)9-13/h2-4,9-12,14,26H,7-8H2,1H3,(H,22,24)(H,23,25,27). The van der Waals surface area contributed by atoms with Gasteiger partial charge in [-0.05, 0) is 37.1 Å². The van der Waals surface area contributed by atoms with E-state index in [0.717, 1.165) is 29.2 Å². The number of aromatic nitrogens is 2. The van der Waals surface area contributed by atoms with Gasteiger partial charge in [0.15, 0.2) is 0 Å². The smallest absolute Gasteiger partial charge is 0.228 e. The van der Waals surface area contributed by atoms with Gasteiger partial charge in [-0.2, -0.15) is 0 Å². The quantitative estimate of drug-likeness (QED) is 0.626. The van der Waals surface area contributed by atoms with Crippen molar-refractivity contribution >= 4 is 28.3 Å². The Hall–Kier alpha value is -3.59. The second kappa shape index (κ2) is 6.96. The van der Waals surface area contributed by atoms with E-state index in [4.69, 9.17) is 0 Å².